The smallest absolute Gasteiger partial charge is 0.756 e. The van der Waals surface area contributed by atoms with Crippen LogP contribution in [-0.2, 0) is 31.0 Å². The Bertz CT molecular complexity index is 243. The normalized spacial score (nSPS) is 11.4. The first kappa shape index (κ1) is 24.9. The second kappa shape index (κ2) is 18.0. The largest absolute Gasteiger partial charge is 2.00 e. The van der Waals surface area contributed by atoms with E-state index in [1.807, 2.05) is 0 Å². The minimum Gasteiger partial charge on any atom is -0.756 e. The van der Waals surface area contributed by atoms with Crippen LogP contribution in [0.1, 0.15) is 90.9 Å². The predicted molar refractivity (Wildman–Crippen MR) is 86.3 cm³/mol. The van der Waals surface area contributed by atoms with Gasteiger partial charge in [0.2, 0.25) is 0 Å². The van der Waals surface area contributed by atoms with Crippen LogP contribution in [0.5, 0.6) is 0 Å². The number of unbranched alkanes of at least 4 members (excludes halogenated alkanes) is 10. The molecular weight excluding hydrogens is 339 g/mol. The Balaban J connectivity index is 0. The maximum atomic E-state index is 11.5. The van der Waals surface area contributed by atoms with E-state index in [4.69, 9.17) is 9.05 Å². The summed E-state index contributed by atoms with van der Waals surface area (Å²) in [5.41, 5.74) is 0. The van der Waals surface area contributed by atoms with E-state index >= 15 is 0 Å². The van der Waals surface area contributed by atoms with E-state index in [9.17, 15) is 9.46 Å². The standard InChI is InChI=1S/C16H35O4P.Cr/c1-3-5-7-9-11-13-15-19-21(17,18)20-16-14-12-10-8-6-4-2;/h3-16H2,1-2H3,(H,17,18);/q;+2/p-1. The van der Waals surface area contributed by atoms with Crippen LogP contribution in [0.4, 0.5) is 0 Å². The molecule has 0 saturated carbocycles. The topological polar surface area (TPSA) is 58.6 Å². The number of phosphoric ester groups is 1. The molecule has 0 aromatic heterocycles. The zero-order valence-electron chi connectivity index (χ0n) is 14.4. The Morgan fingerprint density at radius 2 is 1.00 bits per heavy atom. The van der Waals surface area contributed by atoms with Crippen molar-refractivity contribution in [1.29, 1.82) is 0 Å². The molecule has 0 fully saturated rings. The summed E-state index contributed by atoms with van der Waals surface area (Å²) < 4.78 is 21.2. The molecule has 0 amide bonds. The van der Waals surface area contributed by atoms with E-state index in [1.165, 1.54) is 38.5 Å². The van der Waals surface area contributed by atoms with Gasteiger partial charge < -0.3 is 13.9 Å². The van der Waals surface area contributed by atoms with Gasteiger partial charge in [0, 0.05) is 0 Å². The summed E-state index contributed by atoms with van der Waals surface area (Å²) in [6, 6.07) is 0. The van der Waals surface area contributed by atoms with E-state index in [0.29, 0.717) is 0 Å². The van der Waals surface area contributed by atoms with Crippen molar-refractivity contribution in [2.24, 2.45) is 0 Å². The summed E-state index contributed by atoms with van der Waals surface area (Å²) in [5, 5.41) is 0. The van der Waals surface area contributed by atoms with Crippen LogP contribution >= 0.6 is 7.82 Å². The summed E-state index contributed by atoms with van der Waals surface area (Å²) >= 11 is 0. The summed E-state index contributed by atoms with van der Waals surface area (Å²) in [4.78, 5) is 11.5. The van der Waals surface area contributed by atoms with Gasteiger partial charge in [-0.25, -0.2) is 0 Å². The van der Waals surface area contributed by atoms with Gasteiger partial charge in [0.15, 0.2) is 0 Å². The summed E-state index contributed by atoms with van der Waals surface area (Å²) in [6.45, 7) is 4.86. The summed E-state index contributed by atoms with van der Waals surface area (Å²) in [5.74, 6) is 0. The number of hydrogen-bond acceptors (Lipinski definition) is 4. The molecular formula is C16H34CrO4P+. The molecule has 0 aliphatic heterocycles. The quantitative estimate of drug-likeness (QED) is 0.275. The molecule has 0 spiro atoms. The molecule has 22 heavy (non-hydrogen) atoms. The minimum absolute atomic E-state index is 0. The van der Waals surface area contributed by atoms with Crippen molar-refractivity contribution in [3.8, 4) is 0 Å². The van der Waals surface area contributed by atoms with E-state index in [2.05, 4.69) is 13.8 Å². The molecule has 4 nitrogen and oxygen atoms in total. The molecule has 0 atom stereocenters. The Labute approximate surface area is 148 Å². The molecule has 0 unspecified atom stereocenters. The second-order valence-electron chi connectivity index (χ2n) is 5.65. The zero-order chi connectivity index (χ0) is 15.8. The first-order chi connectivity index (χ1) is 10.1. The van der Waals surface area contributed by atoms with Gasteiger partial charge >= 0.3 is 17.4 Å². The number of rotatable bonds is 16. The Kier molecular flexibility index (Phi) is 20.4. The van der Waals surface area contributed by atoms with Crippen molar-refractivity contribution in [2.75, 3.05) is 13.2 Å². The monoisotopic (exact) mass is 373 g/mol. The summed E-state index contributed by atoms with van der Waals surface area (Å²) in [7, 11) is -4.07. The van der Waals surface area contributed by atoms with Crippen LogP contribution in [0.25, 0.3) is 0 Å². The van der Waals surface area contributed by atoms with Crippen LogP contribution in [0.2, 0.25) is 0 Å². The molecule has 0 radical (unpaired) electrons. The fourth-order valence-corrected chi connectivity index (χ4v) is 2.93. The first-order valence-corrected chi connectivity index (χ1v) is 10.2. The van der Waals surface area contributed by atoms with Crippen LogP contribution in [-0.4, -0.2) is 13.2 Å². The molecule has 0 aliphatic rings. The van der Waals surface area contributed by atoms with Gasteiger partial charge in [-0.1, -0.05) is 78.1 Å². The maximum absolute atomic E-state index is 11.5. The van der Waals surface area contributed by atoms with Crippen molar-refractivity contribution < 1.29 is 35.9 Å². The zero-order valence-corrected chi connectivity index (χ0v) is 16.6. The van der Waals surface area contributed by atoms with Crippen LogP contribution < -0.4 is 4.89 Å². The number of hydrogen-bond donors (Lipinski definition) is 0. The second-order valence-corrected chi connectivity index (χ2v) is 7.06. The molecule has 0 rings (SSSR count). The fourth-order valence-electron chi connectivity index (χ4n) is 2.15. The molecule has 132 valence electrons. The third kappa shape index (κ3) is 18.7. The Morgan fingerprint density at radius 1 is 0.682 bits per heavy atom. The SMILES string of the molecule is CCCCCCCCOP(=O)([O-])OCCCCCCCC.[Cr+2]. The van der Waals surface area contributed by atoms with Crippen molar-refractivity contribution in [3.05, 3.63) is 0 Å². The van der Waals surface area contributed by atoms with Gasteiger partial charge in [-0.2, -0.15) is 0 Å². The minimum atomic E-state index is -4.07. The van der Waals surface area contributed by atoms with E-state index in [-0.39, 0.29) is 30.6 Å². The molecule has 0 aromatic carbocycles. The average molecular weight is 373 g/mol. The molecule has 0 aliphatic carbocycles. The predicted octanol–water partition coefficient (Wildman–Crippen LogP) is 5.21. The van der Waals surface area contributed by atoms with E-state index in [0.717, 1.165) is 38.5 Å². The van der Waals surface area contributed by atoms with E-state index < -0.39 is 7.82 Å². The number of phosphoric acid groups is 1. The third-order valence-corrected chi connectivity index (χ3v) is 4.49. The van der Waals surface area contributed by atoms with Gasteiger partial charge in [0.05, 0.1) is 13.2 Å². The van der Waals surface area contributed by atoms with Crippen molar-refractivity contribution in [1.82, 2.24) is 0 Å². The average Bonchev–Trinajstić information content (AvgIpc) is 2.45. The summed E-state index contributed by atoms with van der Waals surface area (Å²) in [6.07, 6.45) is 13.3. The van der Waals surface area contributed by atoms with Crippen LogP contribution in [0, 0.1) is 0 Å². The van der Waals surface area contributed by atoms with Crippen molar-refractivity contribution in [2.45, 2.75) is 90.9 Å². The van der Waals surface area contributed by atoms with Crippen molar-refractivity contribution >= 4 is 7.82 Å². The van der Waals surface area contributed by atoms with Gasteiger partial charge in [0.25, 0.3) is 7.82 Å². The van der Waals surface area contributed by atoms with Gasteiger partial charge in [-0.15, -0.1) is 0 Å². The van der Waals surface area contributed by atoms with Gasteiger partial charge in [-0.05, 0) is 12.8 Å². The van der Waals surface area contributed by atoms with Crippen LogP contribution in [0.3, 0.4) is 0 Å². The fraction of sp³-hybridized carbons (Fsp3) is 1.00. The Morgan fingerprint density at radius 3 is 1.36 bits per heavy atom. The maximum Gasteiger partial charge on any atom is 2.00 e. The molecule has 0 saturated heterocycles. The first-order valence-electron chi connectivity index (χ1n) is 8.72. The molecule has 0 aromatic rings. The van der Waals surface area contributed by atoms with E-state index in [1.54, 1.807) is 0 Å². The van der Waals surface area contributed by atoms with Crippen molar-refractivity contribution in [3.63, 3.8) is 0 Å². The molecule has 0 bridgehead atoms. The van der Waals surface area contributed by atoms with Crippen LogP contribution in [0.15, 0.2) is 0 Å². The van der Waals surface area contributed by atoms with Gasteiger partial charge in [0.1, 0.15) is 0 Å². The molecule has 0 N–H and O–H groups in total. The molecule has 6 heteroatoms. The molecule has 0 heterocycles. The Hall–Kier alpha value is 0.642. The van der Waals surface area contributed by atoms with Gasteiger partial charge in [-0.3, -0.25) is 4.57 Å². The third-order valence-electron chi connectivity index (χ3n) is 3.49.